The number of nitrogens with zero attached hydrogens (tertiary/aromatic N) is 1. The number of hydrogen-bond donors (Lipinski definition) is 1. The lowest BCUT2D eigenvalue weighted by molar-refractivity contribution is -0.118. The van der Waals surface area contributed by atoms with E-state index in [2.05, 4.69) is 5.32 Å². The quantitative estimate of drug-likeness (QED) is 0.793. The van der Waals surface area contributed by atoms with Gasteiger partial charge in [0.05, 0.1) is 4.90 Å². The Labute approximate surface area is 164 Å². The molecule has 0 aromatic heterocycles. The van der Waals surface area contributed by atoms with Gasteiger partial charge in [-0.2, -0.15) is 4.31 Å². The number of piperidine rings is 1. The van der Waals surface area contributed by atoms with E-state index in [-0.39, 0.29) is 17.4 Å². The monoisotopic (exact) mass is 408 g/mol. The Hall–Kier alpha value is -2.09. The molecule has 144 valence electrons. The van der Waals surface area contributed by atoms with Crippen LogP contribution in [0, 0.1) is 0 Å². The molecular weight excluding hydrogens is 388 g/mol. The van der Waals surface area contributed by atoms with E-state index in [1.54, 1.807) is 36.4 Å². The van der Waals surface area contributed by atoms with Crippen molar-refractivity contribution in [3.63, 3.8) is 0 Å². The molecule has 1 aliphatic rings. The molecule has 1 saturated heterocycles. The topological polar surface area (TPSA) is 75.7 Å². The number of carbonyl (C=O) groups is 1. The SMILES string of the molecule is O=C(COc1cccc(Cl)c1)Nc1ccc(S(=O)(=O)N2CCCCC2)cc1. The van der Waals surface area contributed by atoms with Crippen molar-refractivity contribution in [3.8, 4) is 5.75 Å². The lowest BCUT2D eigenvalue weighted by Gasteiger charge is -2.25. The average molecular weight is 409 g/mol. The van der Waals surface area contributed by atoms with Crippen molar-refractivity contribution >= 4 is 33.2 Å². The molecule has 0 radical (unpaired) electrons. The predicted octanol–water partition coefficient (Wildman–Crippen LogP) is 3.53. The van der Waals surface area contributed by atoms with Gasteiger partial charge in [0, 0.05) is 23.8 Å². The second-order valence-corrected chi connectivity index (χ2v) is 8.66. The first kappa shape index (κ1) is 19.7. The maximum Gasteiger partial charge on any atom is 0.262 e. The van der Waals surface area contributed by atoms with Gasteiger partial charge in [-0.25, -0.2) is 8.42 Å². The zero-order valence-electron chi connectivity index (χ0n) is 14.7. The Morgan fingerprint density at radius 2 is 1.78 bits per heavy atom. The number of ether oxygens (including phenoxy) is 1. The molecule has 0 saturated carbocycles. The molecule has 2 aromatic carbocycles. The van der Waals surface area contributed by atoms with Gasteiger partial charge < -0.3 is 10.1 Å². The summed E-state index contributed by atoms with van der Waals surface area (Å²) in [6.07, 6.45) is 2.84. The number of nitrogens with one attached hydrogen (secondary N) is 1. The molecule has 1 amide bonds. The van der Waals surface area contributed by atoms with Gasteiger partial charge in [0.2, 0.25) is 10.0 Å². The van der Waals surface area contributed by atoms with Crippen molar-refractivity contribution in [2.75, 3.05) is 25.0 Å². The van der Waals surface area contributed by atoms with Gasteiger partial charge in [-0.05, 0) is 55.3 Å². The van der Waals surface area contributed by atoms with Crippen molar-refractivity contribution in [1.82, 2.24) is 4.31 Å². The van der Waals surface area contributed by atoms with E-state index in [0.29, 0.717) is 29.5 Å². The molecule has 8 heteroatoms. The molecule has 3 rings (SSSR count). The molecule has 1 heterocycles. The van der Waals surface area contributed by atoms with E-state index in [1.165, 1.54) is 16.4 Å². The van der Waals surface area contributed by atoms with Crippen molar-refractivity contribution < 1.29 is 17.9 Å². The van der Waals surface area contributed by atoms with E-state index >= 15 is 0 Å². The minimum atomic E-state index is -3.47. The molecule has 1 N–H and O–H groups in total. The standard InChI is InChI=1S/C19H21ClN2O4S/c20-15-5-4-6-17(13-15)26-14-19(23)21-16-7-9-18(10-8-16)27(24,25)22-11-2-1-3-12-22/h4-10,13H,1-3,11-12,14H2,(H,21,23). The van der Waals surface area contributed by atoms with Crippen LogP contribution in [0.5, 0.6) is 5.75 Å². The van der Waals surface area contributed by atoms with Crippen LogP contribution in [0.25, 0.3) is 0 Å². The van der Waals surface area contributed by atoms with Gasteiger partial charge in [0.1, 0.15) is 5.75 Å². The summed E-state index contributed by atoms with van der Waals surface area (Å²) in [6, 6.07) is 13.0. The minimum Gasteiger partial charge on any atom is -0.484 e. The fraction of sp³-hybridized carbons (Fsp3) is 0.316. The fourth-order valence-electron chi connectivity index (χ4n) is 2.87. The first-order valence-corrected chi connectivity index (χ1v) is 10.6. The van der Waals surface area contributed by atoms with Crippen molar-refractivity contribution in [2.45, 2.75) is 24.2 Å². The first-order valence-electron chi connectivity index (χ1n) is 8.73. The van der Waals surface area contributed by atoms with Crippen LogP contribution >= 0.6 is 11.6 Å². The summed E-state index contributed by atoms with van der Waals surface area (Å²) >= 11 is 5.86. The number of rotatable bonds is 6. The van der Waals surface area contributed by atoms with Crippen molar-refractivity contribution in [2.24, 2.45) is 0 Å². The molecule has 0 atom stereocenters. The Kier molecular flexibility index (Phi) is 6.36. The Morgan fingerprint density at radius 3 is 2.44 bits per heavy atom. The largest absolute Gasteiger partial charge is 0.484 e. The first-order chi connectivity index (χ1) is 12.9. The zero-order valence-corrected chi connectivity index (χ0v) is 16.3. The number of anilines is 1. The highest BCUT2D eigenvalue weighted by Gasteiger charge is 2.25. The van der Waals surface area contributed by atoms with E-state index in [1.807, 2.05) is 0 Å². The summed E-state index contributed by atoms with van der Waals surface area (Å²) in [7, 11) is -3.47. The molecule has 0 aliphatic carbocycles. The summed E-state index contributed by atoms with van der Waals surface area (Å²) in [5, 5.41) is 3.21. The van der Waals surface area contributed by atoms with E-state index in [4.69, 9.17) is 16.3 Å². The number of sulfonamides is 1. The molecule has 6 nitrogen and oxygen atoms in total. The Bertz CT molecular complexity index is 894. The van der Waals surface area contributed by atoms with E-state index in [9.17, 15) is 13.2 Å². The zero-order chi connectivity index (χ0) is 19.3. The van der Waals surface area contributed by atoms with Gasteiger partial charge in [-0.15, -0.1) is 0 Å². The summed E-state index contributed by atoms with van der Waals surface area (Å²) in [5.74, 6) is 0.155. The van der Waals surface area contributed by atoms with Crippen molar-refractivity contribution in [1.29, 1.82) is 0 Å². The lowest BCUT2D eigenvalue weighted by atomic mass is 10.2. The van der Waals surface area contributed by atoms with Crippen LogP contribution < -0.4 is 10.1 Å². The van der Waals surface area contributed by atoms with E-state index < -0.39 is 10.0 Å². The van der Waals surface area contributed by atoms with Crippen LogP contribution in [0.15, 0.2) is 53.4 Å². The molecule has 2 aromatic rings. The third-order valence-corrected chi connectivity index (χ3v) is 6.40. The minimum absolute atomic E-state index is 0.172. The molecule has 0 bridgehead atoms. The number of benzene rings is 2. The fourth-order valence-corrected chi connectivity index (χ4v) is 4.56. The second-order valence-electron chi connectivity index (χ2n) is 6.28. The van der Waals surface area contributed by atoms with E-state index in [0.717, 1.165) is 19.3 Å². The van der Waals surface area contributed by atoms with Crippen LogP contribution in [0.4, 0.5) is 5.69 Å². The highest BCUT2D eigenvalue weighted by molar-refractivity contribution is 7.89. The van der Waals surface area contributed by atoms with Crippen LogP contribution in [-0.4, -0.2) is 38.3 Å². The Morgan fingerprint density at radius 1 is 1.07 bits per heavy atom. The molecule has 0 unspecified atom stereocenters. The van der Waals surface area contributed by atoms with Crippen molar-refractivity contribution in [3.05, 3.63) is 53.6 Å². The predicted molar refractivity (Wildman–Crippen MR) is 105 cm³/mol. The van der Waals surface area contributed by atoms with Crippen LogP contribution in [0.3, 0.4) is 0 Å². The van der Waals surface area contributed by atoms with Crippen LogP contribution in [0.1, 0.15) is 19.3 Å². The average Bonchev–Trinajstić information content (AvgIpc) is 2.68. The van der Waals surface area contributed by atoms with Crippen LogP contribution in [-0.2, 0) is 14.8 Å². The third kappa shape index (κ3) is 5.22. The summed E-state index contributed by atoms with van der Waals surface area (Å²) in [6.45, 7) is 0.942. The normalized spacial score (nSPS) is 15.3. The maximum atomic E-state index is 12.6. The van der Waals surface area contributed by atoms with Gasteiger partial charge in [-0.1, -0.05) is 24.1 Å². The van der Waals surface area contributed by atoms with Crippen LogP contribution in [0.2, 0.25) is 5.02 Å². The van der Waals surface area contributed by atoms with Gasteiger partial charge in [0.15, 0.2) is 6.61 Å². The summed E-state index contributed by atoms with van der Waals surface area (Å²) in [5.41, 5.74) is 0.507. The maximum absolute atomic E-state index is 12.6. The highest BCUT2D eigenvalue weighted by Crippen LogP contribution is 2.22. The second kappa shape index (κ2) is 8.73. The number of amides is 1. The summed E-state index contributed by atoms with van der Waals surface area (Å²) in [4.78, 5) is 12.2. The molecular formula is C19H21ClN2O4S. The number of halogens is 1. The Balaban J connectivity index is 1.57. The molecule has 27 heavy (non-hydrogen) atoms. The highest BCUT2D eigenvalue weighted by atomic mass is 35.5. The smallest absolute Gasteiger partial charge is 0.262 e. The molecule has 0 spiro atoms. The van der Waals surface area contributed by atoms with Gasteiger partial charge in [-0.3, -0.25) is 4.79 Å². The number of carbonyl (C=O) groups excluding carboxylic acids is 1. The van der Waals surface area contributed by atoms with Gasteiger partial charge in [0.25, 0.3) is 5.91 Å². The molecule has 1 aliphatic heterocycles. The summed E-state index contributed by atoms with van der Waals surface area (Å²) < 4.78 is 32.1. The molecule has 1 fully saturated rings. The number of hydrogen-bond acceptors (Lipinski definition) is 4. The third-order valence-electron chi connectivity index (χ3n) is 4.26. The van der Waals surface area contributed by atoms with Gasteiger partial charge >= 0.3 is 0 Å². The lowest BCUT2D eigenvalue weighted by Crippen LogP contribution is -2.35.